The normalized spacial score (nSPS) is 40.7. The highest BCUT2D eigenvalue weighted by Gasteiger charge is 2.61. The van der Waals surface area contributed by atoms with E-state index in [9.17, 15) is 4.79 Å². The summed E-state index contributed by atoms with van der Waals surface area (Å²) in [6, 6.07) is 0. The van der Waals surface area contributed by atoms with Crippen LogP contribution in [0.5, 0.6) is 0 Å². The van der Waals surface area contributed by atoms with E-state index in [0.717, 1.165) is 5.92 Å². The minimum atomic E-state index is 0.133. The Morgan fingerprint density at radius 2 is 2.15 bits per heavy atom. The first-order valence-electron chi connectivity index (χ1n) is 5.27. The van der Waals surface area contributed by atoms with Gasteiger partial charge in [0, 0.05) is 12.5 Å². The first kappa shape index (κ1) is 9.04. The smallest absolute Gasteiger partial charge is 0.217 e. The number of hydrogen-bond acceptors (Lipinski definition) is 1. The fraction of sp³-hybridized carbons (Fsp3) is 0.909. The molecule has 2 bridgehead atoms. The summed E-state index contributed by atoms with van der Waals surface area (Å²) >= 11 is 0. The molecular weight excluding hydrogens is 162 g/mol. The van der Waals surface area contributed by atoms with Crippen molar-refractivity contribution in [3.05, 3.63) is 0 Å². The van der Waals surface area contributed by atoms with E-state index in [0.29, 0.717) is 5.41 Å². The van der Waals surface area contributed by atoms with Gasteiger partial charge in [-0.15, -0.1) is 0 Å². The Balaban J connectivity index is 2.17. The molecule has 0 saturated heterocycles. The maximum atomic E-state index is 11.1. The highest BCUT2D eigenvalue weighted by atomic mass is 16.1. The van der Waals surface area contributed by atoms with Crippen LogP contribution in [-0.2, 0) is 4.79 Å². The lowest BCUT2D eigenvalue weighted by atomic mass is 9.44. The lowest BCUT2D eigenvalue weighted by Crippen LogP contribution is -2.71. The van der Waals surface area contributed by atoms with Crippen molar-refractivity contribution in [2.45, 2.75) is 52.0 Å². The Morgan fingerprint density at radius 3 is 2.62 bits per heavy atom. The van der Waals surface area contributed by atoms with E-state index in [1.807, 2.05) is 0 Å². The Kier molecular flexibility index (Phi) is 1.73. The molecule has 0 aliphatic heterocycles. The lowest BCUT2D eigenvalue weighted by molar-refractivity contribution is -0.142. The molecule has 1 amide bonds. The molecular formula is C11H19NO. The predicted octanol–water partition coefficient (Wildman–Crippen LogP) is 2.09. The summed E-state index contributed by atoms with van der Waals surface area (Å²) in [5.41, 5.74) is 0.471. The SMILES string of the molecule is CC(=O)NC12CCCC(C1)C2(C)C. The Hall–Kier alpha value is -0.530. The monoisotopic (exact) mass is 181 g/mol. The average molecular weight is 181 g/mol. The van der Waals surface area contributed by atoms with Crippen LogP contribution in [0.15, 0.2) is 0 Å². The first-order chi connectivity index (χ1) is 5.98. The van der Waals surface area contributed by atoms with Gasteiger partial charge >= 0.3 is 0 Å². The summed E-state index contributed by atoms with van der Waals surface area (Å²) in [5, 5.41) is 3.18. The number of carbonyl (C=O) groups excluding carboxylic acids is 1. The van der Waals surface area contributed by atoms with Crippen molar-refractivity contribution in [2.75, 3.05) is 0 Å². The molecule has 3 aliphatic carbocycles. The van der Waals surface area contributed by atoms with Gasteiger partial charge in [-0.25, -0.2) is 0 Å². The molecule has 2 heteroatoms. The molecule has 2 unspecified atom stereocenters. The van der Waals surface area contributed by atoms with Gasteiger partial charge in [0.2, 0.25) is 5.91 Å². The molecule has 2 nitrogen and oxygen atoms in total. The van der Waals surface area contributed by atoms with E-state index in [1.165, 1.54) is 25.7 Å². The molecule has 0 aromatic heterocycles. The van der Waals surface area contributed by atoms with E-state index in [1.54, 1.807) is 6.92 Å². The van der Waals surface area contributed by atoms with E-state index in [2.05, 4.69) is 19.2 Å². The molecule has 1 N–H and O–H groups in total. The van der Waals surface area contributed by atoms with Crippen molar-refractivity contribution in [3.63, 3.8) is 0 Å². The van der Waals surface area contributed by atoms with Crippen LogP contribution in [0.3, 0.4) is 0 Å². The molecule has 3 fully saturated rings. The summed E-state index contributed by atoms with van der Waals surface area (Å²) in [7, 11) is 0. The third kappa shape index (κ3) is 1.04. The molecule has 13 heavy (non-hydrogen) atoms. The number of hydrogen-bond donors (Lipinski definition) is 1. The molecule has 0 aromatic carbocycles. The predicted molar refractivity (Wildman–Crippen MR) is 52.3 cm³/mol. The molecule has 0 spiro atoms. The third-order valence-electron chi connectivity index (χ3n) is 4.42. The summed E-state index contributed by atoms with van der Waals surface area (Å²) in [6.07, 6.45) is 5.03. The Labute approximate surface area is 80.1 Å². The molecule has 3 rings (SSSR count). The second-order valence-corrected chi connectivity index (χ2v) is 5.28. The molecule has 3 saturated carbocycles. The van der Waals surface area contributed by atoms with Gasteiger partial charge < -0.3 is 5.32 Å². The zero-order valence-electron chi connectivity index (χ0n) is 8.81. The highest BCUT2D eigenvalue weighted by Crippen LogP contribution is 2.61. The van der Waals surface area contributed by atoms with E-state index >= 15 is 0 Å². The topological polar surface area (TPSA) is 29.1 Å². The van der Waals surface area contributed by atoms with Crippen molar-refractivity contribution in [3.8, 4) is 0 Å². The second-order valence-electron chi connectivity index (χ2n) is 5.28. The van der Waals surface area contributed by atoms with Crippen LogP contribution in [-0.4, -0.2) is 11.4 Å². The number of fused-ring (bicyclic) bond motifs is 2. The number of amides is 1. The summed E-state index contributed by atoms with van der Waals surface area (Å²) in [6.45, 7) is 6.24. The van der Waals surface area contributed by atoms with Crippen molar-refractivity contribution in [2.24, 2.45) is 11.3 Å². The molecule has 0 heterocycles. The van der Waals surface area contributed by atoms with Gasteiger partial charge in [-0.1, -0.05) is 20.3 Å². The Morgan fingerprint density at radius 1 is 1.46 bits per heavy atom. The average Bonchev–Trinajstić information content (AvgIpc) is 2.03. The van der Waals surface area contributed by atoms with Gasteiger partial charge in [-0.05, 0) is 30.6 Å². The fourth-order valence-corrected chi connectivity index (χ4v) is 3.35. The lowest BCUT2D eigenvalue weighted by Gasteiger charge is -2.65. The van der Waals surface area contributed by atoms with E-state index in [-0.39, 0.29) is 11.4 Å². The van der Waals surface area contributed by atoms with Gasteiger partial charge in [-0.2, -0.15) is 0 Å². The number of carbonyl (C=O) groups is 1. The van der Waals surface area contributed by atoms with Crippen LogP contribution in [0.25, 0.3) is 0 Å². The number of nitrogens with one attached hydrogen (secondary N) is 1. The second kappa shape index (κ2) is 2.49. The van der Waals surface area contributed by atoms with Crippen LogP contribution in [0.1, 0.15) is 46.5 Å². The summed E-state index contributed by atoms with van der Waals surface area (Å²) < 4.78 is 0. The van der Waals surface area contributed by atoms with E-state index in [4.69, 9.17) is 0 Å². The van der Waals surface area contributed by atoms with Gasteiger partial charge in [0.05, 0.1) is 0 Å². The standard InChI is InChI=1S/C11H19NO/c1-8(13)12-11-6-4-5-9(7-11)10(11,2)3/h9H,4-7H2,1-3H3,(H,12,13). The van der Waals surface area contributed by atoms with Crippen LogP contribution >= 0.6 is 0 Å². The quantitative estimate of drug-likeness (QED) is 0.659. The molecule has 0 aromatic rings. The first-order valence-corrected chi connectivity index (χ1v) is 5.27. The van der Waals surface area contributed by atoms with Gasteiger partial charge in [-0.3, -0.25) is 4.79 Å². The summed E-state index contributed by atoms with van der Waals surface area (Å²) in [5.74, 6) is 0.974. The zero-order chi connectivity index (χ0) is 9.69. The van der Waals surface area contributed by atoms with Crippen LogP contribution in [0.2, 0.25) is 0 Å². The maximum absolute atomic E-state index is 11.1. The number of rotatable bonds is 1. The van der Waals surface area contributed by atoms with Crippen molar-refractivity contribution in [1.29, 1.82) is 0 Å². The minimum Gasteiger partial charge on any atom is -0.350 e. The van der Waals surface area contributed by atoms with Crippen molar-refractivity contribution in [1.82, 2.24) is 5.32 Å². The summed E-state index contributed by atoms with van der Waals surface area (Å²) in [4.78, 5) is 11.1. The van der Waals surface area contributed by atoms with Crippen LogP contribution in [0.4, 0.5) is 0 Å². The minimum absolute atomic E-state index is 0.133. The fourth-order valence-electron chi connectivity index (χ4n) is 3.35. The highest BCUT2D eigenvalue weighted by molar-refractivity contribution is 5.74. The van der Waals surface area contributed by atoms with Crippen molar-refractivity contribution >= 4 is 5.91 Å². The van der Waals surface area contributed by atoms with E-state index < -0.39 is 0 Å². The third-order valence-corrected chi connectivity index (χ3v) is 4.42. The molecule has 0 radical (unpaired) electrons. The molecule has 74 valence electrons. The Bertz CT molecular complexity index is 242. The molecule has 3 aliphatic rings. The van der Waals surface area contributed by atoms with Crippen LogP contribution in [0, 0.1) is 11.3 Å². The van der Waals surface area contributed by atoms with Gasteiger partial charge in [0.15, 0.2) is 0 Å². The van der Waals surface area contributed by atoms with Gasteiger partial charge in [0.25, 0.3) is 0 Å². The maximum Gasteiger partial charge on any atom is 0.217 e. The zero-order valence-corrected chi connectivity index (χ0v) is 8.81. The largest absolute Gasteiger partial charge is 0.350 e. The van der Waals surface area contributed by atoms with Crippen molar-refractivity contribution < 1.29 is 4.79 Å². The molecule has 2 atom stereocenters. The van der Waals surface area contributed by atoms with Crippen LogP contribution < -0.4 is 5.32 Å². The van der Waals surface area contributed by atoms with Gasteiger partial charge in [0.1, 0.15) is 0 Å².